The number of hydrogen-bond acceptors (Lipinski definition) is 5. The number of amides is 2. The van der Waals surface area contributed by atoms with Crippen molar-refractivity contribution in [1.82, 2.24) is 20.2 Å². The molecule has 1 aromatic carbocycles. The summed E-state index contributed by atoms with van der Waals surface area (Å²) in [4.78, 5) is 28.0. The Hall–Kier alpha value is -3.03. The molecule has 0 saturated carbocycles. The second kappa shape index (κ2) is 9.07. The number of nitrogens with zero attached hydrogens (tertiary/aromatic N) is 2. The summed E-state index contributed by atoms with van der Waals surface area (Å²) < 4.78 is 12.4. The van der Waals surface area contributed by atoms with Crippen molar-refractivity contribution in [3.63, 3.8) is 0 Å². The maximum Gasteiger partial charge on any atom is 0.407 e. The smallest absolute Gasteiger partial charge is 0.407 e. The van der Waals surface area contributed by atoms with E-state index in [9.17, 15) is 9.59 Å². The molecule has 0 unspecified atom stereocenters. The summed E-state index contributed by atoms with van der Waals surface area (Å²) in [6.07, 6.45) is 4.71. The zero-order chi connectivity index (χ0) is 19.9. The molecule has 8 nitrogen and oxygen atoms in total. The number of hydrogen-bond donors (Lipinski definition) is 2. The lowest BCUT2D eigenvalue weighted by atomic mass is 10.1. The summed E-state index contributed by atoms with van der Waals surface area (Å²) in [5, 5.41) is 5.53. The monoisotopic (exact) mass is 374 g/mol. The van der Waals surface area contributed by atoms with Crippen molar-refractivity contribution in [3.05, 3.63) is 48.0 Å². The Morgan fingerprint density at radius 1 is 1.22 bits per heavy atom. The van der Waals surface area contributed by atoms with Crippen molar-refractivity contribution in [2.75, 3.05) is 13.7 Å². The highest BCUT2D eigenvalue weighted by Gasteiger charge is 2.17. The van der Waals surface area contributed by atoms with Gasteiger partial charge in [0.1, 0.15) is 11.4 Å². The standard InChI is InChI=1S/C19H26N4O4/c1-19(2,3)27-18(25)22-12-15-6-5-14(11-16(15)26-4)17(24)21-8-10-23-9-7-20-13-23/h5-7,9,11,13H,8,10,12H2,1-4H3,(H,21,24)(H,22,25). The minimum absolute atomic E-state index is 0.194. The third-order valence-corrected chi connectivity index (χ3v) is 3.59. The van der Waals surface area contributed by atoms with Gasteiger partial charge in [-0.3, -0.25) is 4.79 Å². The minimum Gasteiger partial charge on any atom is -0.496 e. The molecule has 2 N–H and O–H groups in total. The molecule has 0 bridgehead atoms. The Kier molecular flexibility index (Phi) is 6.81. The summed E-state index contributed by atoms with van der Waals surface area (Å²) in [5.41, 5.74) is 0.671. The van der Waals surface area contributed by atoms with E-state index in [-0.39, 0.29) is 12.5 Å². The van der Waals surface area contributed by atoms with Crippen LogP contribution in [-0.4, -0.2) is 40.8 Å². The second-order valence-corrected chi connectivity index (χ2v) is 6.94. The Bertz CT molecular complexity index is 767. The van der Waals surface area contributed by atoms with E-state index in [2.05, 4.69) is 15.6 Å². The number of aromatic nitrogens is 2. The molecule has 2 rings (SSSR count). The fraction of sp³-hybridized carbons (Fsp3) is 0.421. The van der Waals surface area contributed by atoms with Crippen LogP contribution in [0.3, 0.4) is 0 Å². The SMILES string of the molecule is COc1cc(C(=O)NCCn2ccnc2)ccc1CNC(=O)OC(C)(C)C. The van der Waals surface area contributed by atoms with Gasteiger partial charge in [-0.05, 0) is 32.9 Å². The Balaban J connectivity index is 1.92. The highest BCUT2D eigenvalue weighted by Crippen LogP contribution is 2.20. The lowest BCUT2D eigenvalue weighted by Gasteiger charge is -2.20. The molecule has 1 heterocycles. The van der Waals surface area contributed by atoms with Crippen LogP contribution in [0.5, 0.6) is 5.75 Å². The molecule has 2 amide bonds. The number of methoxy groups -OCH3 is 1. The van der Waals surface area contributed by atoms with Gasteiger partial charge in [0.25, 0.3) is 5.91 Å². The Labute approximate surface area is 158 Å². The second-order valence-electron chi connectivity index (χ2n) is 6.94. The zero-order valence-corrected chi connectivity index (χ0v) is 16.1. The lowest BCUT2D eigenvalue weighted by Crippen LogP contribution is -2.32. The first-order valence-electron chi connectivity index (χ1n) is 8.66. The molecule has 0 aliphatic carbocycles. The number of carbonyl (C=O) groups is 2. The lowest BCUT2D eigenvalue weighted by molar-refractivity contribution is 0.0523. The summed E-state index contributed by atoms with van der Waals surface area (Å²) in [6.45, 7) is 6.76. The zero-order valence-electron chi connectivity index (χ0n) is 16.1. The van der Waals surface area contributed by atoms with Crippen molar-refractivity contribution in [2.45, 2.75) is 39.5 Å². The molecule has 8 heteroatoms. The van der Waals surface area contributed by atoms with E-state index < -0.39 is 11.7 Å². The normalized spacial score (nSPS) is 11.0. The fourth-order valence-corrected chi connectivity index (χ4v) is 2.33. The molecule has 27 heavy (non-hydrogen) atoms. The van der Waals surface area contributed by atoms with E-state index in [0.29, 0.717) is 24.4 Å². The minimum atomic E-state index is -0.563. The molecular weight excluding hydrogens is 348 g/mol. The molecule has 0 aliphatic rings. The predicted molar refractivity (Wildman–Crippen MR) is 101 cm³/mol. The molecule has 0 spiro atoms. The average Bonchev–Trinajstić information content (AvgIpc) is 3.11. The van der Waals surface area contributed by atoms with Crippen molar-refractivity contribution >= 4 is 12.0 Å². The quantitative estimate of drug-likeness (QED) is 0.776. The first kappa shape index (κ1) is 20.3. The van der Waals surface area contributed by atoms with Gasteiger partial charge in [0.05, 0.1) is 13.4 Å². The van der Waals surface area contributed by atoms with Crippen molar-refractivity contribution < 1.29 is 19.1 Å². The third-order valence-electron chi connectivity index (χ3n) is 3.59. The molecule has 146 valence electrons. The van der Waals surface area contributed by atoms with Crippen LogP contribution >= 0.6 is 0 Å². The van der Waals surface area contributed by atoms with Crippen LogP contribution in [0.4, 0.5) is 4.79 Å². The average molecular weight is 374 g/mol. The maximum absolute atomic E-state index is 12.3. The van der Waals surface area contributed by atoms with Crippen LogP contribution < -0.4 is 15.4 Å². The third kappa shape index (κ3) is 6.65. The van der Waals surface area contributed by atoms with Crippen LogP contribution in [0.1, 0.15) is 36.7 Å². The number of nitrogens with one attached hydrogen (secondary N) is 2. The molecule has 1 aromatic heterocycles. The predicted octanol–water partition coefficient (Wildman–Crippen LogP) is 2.35. The van der Waals surface area contributed by atoms with Crippen LogP contribution in [0.25, 0.3) is 0 Å². The fourth-order valence-electron chi connectivity index (χ4n) is 2.33. The van der Waals surface area contributed by atoms with Gasteiger partial charge in [-0.15, -0.1) is 0 Å². The van der Waals surface area contributed by atoms with Crippen LogP contribution in [0.2, 0.25) is 0 Å². The molecule has 0 fully saturated rings. The van der Waals surface area contributed by atoms with Crippen molar-refractivity contribution in [2.24, 2.45) is 0 Å². The van der Waals surface area contributed by atoms with E-state index in [1.54, 1.807) is 51.5 Å². The topological polar surface area (TPSA) is 94.5 Å². The highest BCUT2D eigenvalue weighted by atomic mass is 16.6. The van der Waals surface area contributed by atoms with Crippen molar-refractivity contribution in [1.29, 1.82) is 0 Å². The summed E-state index contributed by atoms with van der Waals surface area (Å²) in [7, 11) is 1.52. The molecule has 0 aliphatic heterocycles. The van der Waals surface area contributed by atoms with Crippen molar-refractivity contribution in [3.8, 4) is 5.75 Å². The number of rotatable bonds is 7. The van der Waals surface area contributed by atoms with Crippen LogP contribution in [-0.2, 0) is 17.8 Å². The van der Waals surface area contributed by atoms with Gasteiger partial charge >= 0.3 is 6.09 Å². The van der Waals surface area contributed by atoms with E-state index >= 15 is 0 Å². The first-order chi connectivity index (χ1) is 12.8. The van der Waals surface area contributed by atoms with Gasteiger partial charge in [-0.1, -0.05) is 6.07 Å². The maximum atomic E-state index is 12.3. The van der Waals surface area contributed by atoms with Gasteiger partial charge < -0.3 is 24.7 Å². The van der Waals surface area contributed by atoms with E-state index in [1.807, 2.05) is 10.8 Å². The molecular formula is C19H26N4O4. The van der Waals surface area contributed by atoms with Gasteiger partial charge in [0, 0.05) is 43.2 Å². The van der Waals surface area contributed by atoms with Crippen LogP contribution in [0.15, 0.2) is 36.9 Å². The molecule has 2 aromatic rings. The first-order valence-corrected chi connectivity index (χ1v) is 8.66. The number of alkyl carbamates (subject to hydrolysis) is 1. The van der Waals surface area contributed by atoms with E-state index in [4.69, 9.17) is 9.47 Å². The van der Waals surface area contributed by atoms with Gasteiger partial charge in [-0.25, -0.2) is 9.78 Å². The van der Waals surface area contributed by atoms with E-state index in [0.717, 1.165) is 5.56 Å². The largest absolute Gasteiger partial charge is 0.496 e. The van der Waals surface area contributed by atoms with Gasteiger partial charge in [-0.2, -0.15) is 0 Å². The number of benzene rings is 1. The van der Waals surface area contributed by atoms with Gasteiger partial charge in [0.15, 0.2) is 0 Å². The number of imidazole rings is 1. The summed E-state index contributed by atoms with van der Waals surface area (Å²) in [5.74, 6) is 0.327. The molecule has 0 saturated heterocycles. The number of ether oxygens (including phenoxy) is 2. The Morgan fingerprint density at radius 2 is 2.00 bits per heavy atom. The number of carbonyl (C=O) groups excluding carboxylic acids is 2. The highest BCUT2D eigenvalue weighted by molar-refractivity contribution is 5.94. The Morgan fingerprint density at radius 3 is 2.63 bits per heavy atom. The molecule has 0 atom stereocenters. The summed E-state index contributed by atoms with van der Waals surface area (Å²) in [6, 6.07) is 5.10. The van der Waals surface area contributed by atoms with E-state index in [1.165, 1.54) is 7.11 Å². The van der Waals surface area contributed by atoms with Gasteiger partial charge in [0.2, 0.25) is 0 Å². The van der Waals surface area contributed by atoms with Crippen LogP contribution in [0, 0.1) is 0 Å². The summed E-state index contributed by atoms with van der Waals surface area (Å²) >= 11 is 0. The molecule has 0 radical (unpaired) electrons.